The minimum Gasteiger partial charge on any atom is -0.385 e. The summed E-state index contributed by atoms with van der Waals surface area (Å²) in [5.41, 5.74) is 2.89. The van der Waals surface area contributed by atoms with Crippen LogP contribution in [-0.2, 0) is 4.74 Å². The molecule has 0 aromatic heterocycles. The van der Waals surface area contributed by atoms with E-state index in [9.17, 15) is 0 Å². The minimum atomic E-state index is 0.703. The van der Waals surface area contributed by atoms with Gasteiger partial charge in [0, 0.05) is 19.8 Å². The third kappa shape index (κ3) is 4.07. The summed E-state index contributed by atoms with van der Waals surface area (Å²) in [5, 5.41) is 0. The van der Waals surface area contributed by atoms with E-state index in [1.807, 2.05) is 0 Å². The Kier molecular flexibility index (Phi) is 6.06. The van der Waals surface area contributed by atoms with Gasteiger partial charge in [-0.05, 0) is 57.2 Å². The molecule has 1 atom stereocenters. The third-order valence-electron chi connectivity index (χ3n) is 4.72. The number of ether oxygens (including phenoxy) is 1. The standard InChI is InChI=1S/C18H29NO/c1-4-18(11-14-20-3)19-12-9-17(10-13-19)16-7-5-15(2)6-8-16/h5-8,17-18H,4,9-14H2,1-3H3. The molecule has 1 saturated heterocycles. The van der Waals surface area contributed by atoms with Crippen molar-refractivity contribution in [2.45, 2.75) is 51.5 Å². The second-order valence-electron chi connectivity index (χ2n) is 6.06. The number of hydrogen-bond acceptors (Lipinski definition) is 2. The van der Waals surface area contributed by atoms with Gasteiger partial charge in [-0.15, -0.1) is 0 Å². The summed E-state index contributed by atoms with van der Waals surface area (Å²) in [4.78, 5) is 2.67. The van der Waals surface area contributed by atoms with Gasteiger partial charge in [-0.3, -0.25) is 0 Å². The molecule has 1 aliphatic rings. The predicted molar refractivity (Wildman–Crippen MR) is 85.3 cm³/mol. The van der Waals surface area contributed by atoms with E-state index in [4.69, 9.17) is 4.74 Å². The SMILES string of the molecule is CCC(CCOC)N1CCC(c2ccc(C)cc2)CC1. The topological polar surface area (TPSA) is 12.5 Å². The summed E-state index contributed by atoms with van der Waals surface area (Å²) in [6, 6.07) is 9.83. The summed E-state index contributed by atoms with van der Waals surface area (Å²) >= 11 is 0. The first-order valence-electron chi connectivity index (χ1n) is 8.04. The Hall–Kier alpha value is -0.860. The van der Waals surface area contributed by atoms with Crippen molar-refractivity contribution in [3.8, 4) is 0 Å². The van der Waals surface area contributed by atoms with E-state index in [0.29, 0.717) is 6.04 Å². The molecule has 20 heavy (non-hydrogen) atoms. The van der Waals surface area contributed by atoms with Crippen LogP contribution in [0.3, 0.4) is 0 Å². The Balaban J connectivity index is 1.86. The molecule has 1 heterocycles. The van der Waals surface area contributed by atoms with Gasteiger partial charge < -0.3 is 9.64 Å². The predicted octanol–water partition coefficient (Wildman–Crippen LogP) is 3.99. The zero-order valence-corrected chi connectivity index (χ0v) is 13.3. The Morgan fingerprint density at radius 1 is 1.20 bits per heavy atom. The van der Waals surface area contributed by atoms with Crippen LogP contribution >= 0.6 is 0 Å². The van der Waals surface area contributed by atoms with Crippen LogP contribution in [0.2, 0.25) is 0 Å². The van der Waals surface area contributed by atoms with Gasteiger partial charge >= 0.3 is 0 Å². The van der Waals surface area contributed by atoms with Crippen molar-refractivity contribution in [3.63, 3.8) is 0 Å². The average Bonchev–Trinajstić information content (AvgIpc) is 2.49. The molecule has 2 rings (SSSR count). The number of nitrogens with zero attached hydrogens (tertiary/aromatic N) is 1. The Bertz CT molecular complexity index is 379. The van der Waals surface area contributed by atoms with Gasteiger partial charge in [0.25, 0.3) is 0 Å². The molecule has 0 saturated carbocycles. The fourth-order valence-corrected chi connectivity index (χ4v) is 3.34. The van der Waals surface area contributed by atoms with E-state index < -0.39 is 0 Å². The number of piperidine rings is 1. The molecule has 112 valence electrons. The summed E-state index contributed by atoms with van der Waals surface area (Å²) in [6.07, 6.45) is 5.00. The smallest absolute Gasteiger partial charge is 0.0477 e. The van der Waals surface area contributed by atoms with Crippen LogP contribution in [0.4, 0.5) is 0 Å². The highest BCUT2D eigenvalue weighted by molar-refractivity contribution is 5.24. The van der Waals surface area contributed by atoms with Crippen molar-refractivity contribution in [2.75, 3.05) is 26.8 Å². The molecule has 2 nitrogen and oxygen atoms in total. The molecule has 0 aliphatic carbocycles. The zero-order valence-electron chi connectivity index (χ0n) is 13.3. The molecule has 0 bridgehead atoms. The maximum atomic E-state index is 5.24. The van der Waals surface area contributed by atoms with Crippen molar-refractivity contribution in [3.05, 3.63) is 35.4 Å². The lowest BCUT2D eigenvalue weighted by Crippen LogP contribution is -2.41. The number of likely N-dealkylation sites (tertiary alicyclic amines) is 1. The molecular weight excluding hydrogens is 246 g/mol. The van der Waals surface area contributed by atoms with E-state index in [2.05, 4.69) is 43.0 Å². The summed E-state index contributed by atoms with van der Waals surface area (Å²) in [5.74, 6) is 0.756. The molecule has 1 aliphatic heterocycles. The van der Waals surface area contributed by atoms with Crippen LogP contribution in [0.5, 0.6) is 0 Å². The molecule has 0 radical (unpaired) electrons. The first kappa shape index (κ1) is 15.5. The Morgan fingerprint density at radius 3 is 2.40 bits per heavy atom. The van der Waals surface area contributed by atoms with E-state index in [1.54, 1.807) is 7.11 Å². The molecule has 1 aromatic rings. The minimum absolute atomic E-state index is 0.703. The van der Waals surface area contributed by atoms with Crippen molar-refractivity contribution in [2.24, 2.45) is 0 Å². The van der Waals surface area contributed by atoms with Crippen molar-refractivity contribution in [1.29, 1.82) is 0 Å². The normalized spacial score (nSPS) is 19.1. The monoisotopic (exact) mass is 275 g/mol. The first-order chi connectivity index (χ1) is 9.74. The number of aryl methyl sites for hydroxylation is 1. The molecular formula is C18H29NO. The fourth-order valence-electron chi connectivity index (χ4n) is 3.34. The van der Waals surface area contributed by atoms with Gasteiger partial charge in [0.1, 0.15) is 0 Å². The van der Waals surface area contributed by atoms with Crippen LogP contribution in [0.1, 0.15) is 49.7 Å². The number of rotatable bonds is 6. The molecule has 1 aromatic carbocycles. The van der Waals surface area contributed by atoms with Crippen LogP contribution in [-0.4, -0.2) is 37.7 Å². The Morgan fingerprint density at radius 2 is 1.85 bits per heavy atom. The van der Waals surface area contributed by atoms with Gasteiger partial charge in [-0.1, -0.05) is 36.8 Å². The van der Waals surface area contributed by atoms with Gasteiger partial charge in [0.05, 0.1) is 0 Å². The number of benzene rings is 1. The summed E-state index contributed by atoms with van der Waals surface area (Å²) < 4.78 is 5.24. The van der Waals surface area contributed by atoms with Gasteiger partial charge in [-0.2, -0.15) is 0 Å². The summed E-state index contributed by atoms with van der Waals surface area (Å²) in [6.45, 7) is 7.82. The van der Waals surface area contributed by atoms with Gasteiger partial charge in [-0.25, -0.2) is 0 Å². The molecule has 1 fully saturated rings. The van der Waals surface area contributed by atoms with E-state index in [1.165, 1.54) is 49.9 Å². The van der Waals surface area contributed by atoms with Crippen LogP contribution in [0.15, 0.2) is 24.3 Å². The molecule has 0 N–H and O–H groups in total. The van der Waals surface area contributed by atoms with E-state index in [-0.39, 0.29) is 0 Å². The van der Waals surface area contributed by atoms with Crippen molar-refractivity contribution in [1.82, 2.24) is 4.90 Å². The largest absolute Gasteiger partial charge is 0.385 e. The lowest BCUT2D eigenvalue weighted by atomic mass is 9.88. The van der Waals surface area contributed by atoms with Crippen LogP contribution in [0, 0.1) is 6.92 Å². The van der Waals surface area contributed by atoms with E-state index >= 15 is 0 Å². The van der Waals surface area contributed by atoms with Crippen LogP contribution in [0.25, 0.3) is 0 Å². The van der Waals surface area contributed by atoms with Crippen molar-refractivity contribution >= 4 is 0 Å². The number of hydrogen-bond donors (Lipinski definition) is 0. The molecule has 0 amide bonds. The van der Waals surface area contributed by atoms with Gasteiger partial charge in [0.15, 0.2) is 0 Å². The second-order valence-corrected chi connectivity index (χ2v) is 6.06. The van der Waals surface area contributed by atoms with Crippen LogP contribution < -0.4 is 0 Å². The summed E-state index contributed by atoms with van der Waals surface area (Å²) in [7, 11) is 1.80. The quantitative estimate of drug-likeness (QED) is 0.778. The molecule has 1 unspecified atom stereocenters. The van der Waals surface area contributed by atoms with E-state index in [0.717, 1.165) is 12.5 Å². The maximum absolute atomic E-state index is 5.24. The highest BCUT2D eigenvalue weighted by Gasteiger charge is 2.24. The average molecular weight is 275 g/mol. The highest BCUT2D eigenvalue weighted by atomic mass is 16.5. The van der Waals surface area contributed by atoms with Crippen molar-refractivity contribution < 1.29 is 4.74 Å². The first-order valence-corrected chi connectivity index (χ1v) is 8.04. The van der Waals surface area contributed by atoms with Gasteiger partial charge in [0.2, 0.25) is 0 Å². The lowest BCUT2D eigenvalue weighted by molar-refractivity contribution is 0.106. The fraction of sp³-hybridized carbons (Fsp3) is 0.667. The maximum Gasteiger partial charge on any atom is 0.0477 e. The Labute approximate surface area is 124 Å². The number of methoxy groups -OCH3 is 1. The second kappa shape index (κ2) is 7.80. The molecule has 0 spiro atoms. The third-order valence-corrected chi connectivity index (χ3v) is 4.72. The highest BCUT2D eigenvalue weighted by Crippen LogP contribution is 2.29. The molecule has 2 heteroatoms. The zero-order chi connectivity index (χ0) is 14.4. The lowest BCUT2D eigenvalue weighted by Gasteiger charge is -2.37.